The molecule has 0 radical (unpaired) electrons. The van der Waals surface area contributed by atoms with Gasteiger partial charge in [0.1, 0.15) is 5.69 Å². The minimum Gasteiger partial charge on any atom is -0.481 e. The minimum absolute atomic E-state index is 0.140. The highest BCUT2D eigenvalue weighted by molar-refractivity contribution is 14.1. The third-order valence-electron chi connectivity index (χ3n) is 2.61. The lowest BCUT2D eigenvalue weighted by atomic mass is 10.1. The molecule has 1 N–H and O–H groups in total. The quantitative estimate of drug-likeness (QED) is 0.843. The van der Waals surface area contributed by atoms with Gasteiger partial charge < -0.3 is 9.72 Å². The van der Waals surface area contributed by atoms with Crippen LogP contribution in [0.15, 0.2) is 23.0 Å². The van der Waals surface area contributed by atoms with Crippen molar-refractivity contribution >= 4 is 22.6 Å². The van der Waals surface area contributed by atoms with Gasteiger partial charge in [-0.1, -0.05) is 19.9 Å². The highest BCUT2D eigenvalue weighted by Gasteiger charge is 2.14. The summed E-state index contributed by atoms with van der Waals surface area (Å²) in [6, 6.07) is 5.35. The molecular weight excluding hydrogens is 357 g/mol. The van der Waals surface area contributed by atoms with Gasteiger partial charge in [0.2, 0.25) is 5.88 Å². The summed E-state index contributed by atoms with van der Waals surface area (Å²) in [6.07, 6.45) is 0. The number of hydrogen-bond donors (Lipinski definition) is 1. The SMILES string of the molecule is COc1cccc(-c2nc(C(C)C)c(I)c(=O)[nH]2)n1. The van der Waals surface area contributed by atoms with Gasteiger partial charge in [0.15, 0.2) is 5.82 Å². The van der Waals surface area contributed by atoms with Gasteiger partial charge in [0, 0.05) is 6.07 Å². The Morgan fingerprint density at radius 3 is 2.68 bits per heavy atom. The number of ether oxygens (including phenoxy) is 1. The molecule has 0 unspecified atom stereocenters. The zero-order chi connectivity index (χ0) is 14.0. The standard InChI is InChI=1S/C13H14IN3O2/c1-7(2)11-10(14)13(18)17-12(16-11)8-5-4-6-9(15-8)19-3/h4-7H,1-3H3,(H,16,17,18). The van der Waals surface area contributed by atoms with Crippen LogP contribution in [0.5, 0.6) is 5.88 Å². The second-order valence-electron chi connectivity index (χ2n) is 4.33. The minimum atomic E-state index is -0.140. The highest BCUT2D eigenvalue weighted by atomic mass is 127. The maximum atomic E-state index is 11.9. The number of nitrogens with one attached hydrogen (secondary N) is 1. The van der Waals surface area contributed by atoms with E-state index in [0.29, 0.717) is 21.0 Å². The zero-order valence-electron chi connectivity index (χ0n) is 10.9. The summed E-state index contributed by atoms with van der Waals surface area (Å²) >= 11 is 2.02. The Hall–Kier alpha value is -1.44. The first-order valence-electron chi connectivity index (χ1n) is 5.84. The maximum absolute atomic E-state index is 11.9. The first-order chi connectivity index (χ1) is 9.02. The smallest absolute Gasteiger partial charge is 0.264 e. The predicted molar refractivity (Wildman–Crippen MR) is 81.4 cm³/mol. The summed E-state index contributed by atoms with van der Waals surface area (Å²) in [7, 11) is 1.55. The molecule has 6 heteroatoms. The molecule has 0 aliphatic rings. The van der Waals surface area contributed by atoms with Crippen LogP contribution >= 0.6 is 22.6 Å². The fraction of sp³-hybridized carbons (Fsp3) is 0.308. The molecule has 0 atom stereocenters. The van der Waals surface area contributed by atoms with E-state index in [1.165, 1.54) is 0 Å². The van der Waals surface area contributed by atoms with Crippen LogP contribution in [0.2, 0.25) is 0 Å². The van der Waals surface area contributed by atoms with Crippen LogP contribution < -0.4 is 10.3 Å². The van der Waals surface area contributed by atoms with Crippen LogP contribution in [0.3, 0.4) is 0 Å². The van der Waals surface area contributed by atoms with E-state index in [0.717, 1.165) is 5.69 Å². The molecular formula is C13H14IN3O2. The number of rotatable bonds is 3. The van der Waals surface area contributed by atoms with E-state index in [2.05, 4.69) is 15.0 Å². The molecule has 0 saturated heterocycles. The van der Waals surface area contributed by atoms with Crippen LogP contribution in [0.4, 0.5) is 0 Å². The van der Waals surface area contributed by atoms with Gasteiger partial charge in [-0.3, -0.25) is 4.79 Å². The van der Waals surface area contributed by atoms with E-state index in [4.69, 9.17) is 4.74 Å². The Morgan fingerprint density at radius 2 is 2.05 bits per heavy atom. The first-order valence-corrected chi connectivity index (χ1v) is 6.92. The molecule has 0 saturated carbocycles. The molecule has 0 amide bonds. The largest absolute Gasteiger partial charge is 0.481 e. The average molecular weight is 371 g/mol. The van der Waals surface area contributed by atoms with Crippen molar-refractivity contribution in [3.05, 3.63) is 37.8 Å². The topological polar surface area (TPSA) is 67.9 Å². The number of aromatic nitrogens is 3. The molecule has 0 bridgehead atoms. The van der Waals surface area contributed by atoms with Gasteiger partial charge in [0.25, 0.3) is 5.56 Å². The van der Waals surface area contributed by atoms with Crippen LogP contribution in [0.25, 0.3) is 11.5 Å². The van der Waals surface area contributed by atoms with Crippen LogP contribution in [0.1, 0.15) is 25.5 Å². The van der Waals surface area contributed by atoms with Crippen LogP contribution in [-0.2, 0) is 0 Å². The van der Waals surface area contributed by atoms with E-state index in [1.807, 2.05) is 42.5 Å². The third-order valence-corrected chi connectivity index (χ3v) is 3.65. The highest BCUT2D eigenvalue weighted by Crippen LogP contribution is 2.20. The third kappa shape index (κ3) is 2.94. The predicted octanol–water partition coefficient (Wildman–Crippen LogP) is 2.57. The second-order valence-corrected chi connectivity index (χ2v) is 5.41. The number of pyridine rings is 1. The molecule has 5 nitrogen and oxygen atoms in total. The molecule has 0 aliphatic heterocycles. The van der Waals surface area contributed by atoms with Crippen molar-refractivity contribution in [3.8, 4) is 17.4 Å². The number of methoxy groups -OCH3 is 1. The molecule has 100 valence electrons. The summed E-state index contributed by atoms with van der Waals surface area (Å²) in [6.45, 7) is 4.01. The molecule has 2 aromatic rings. The van der Waals surface area contributed by atoms with Gasteiger partial charge in [-0.05, 0) is 34.6 Å². The second kappa shape index (κ2) is 5.68. The first kappa shape index (κ1) is 14.0. The van der Waals surface area contributed by atoms with Crippen molar-refractivity contribution in [2.75, 3.05) is 7.11 Å². The molecule has 19 heavy (non-hydrogen) atoms. The van der Waals surface area contributed by atoms with Crippen molar-refractivity contribution in [3.63, 3.8) is 0 Å². The summed E-state index contributed by atoms with van der Waals surface area (Å²) in [5, 5.41) is 0. The van der Waals surface area contributed by atoms with E-state index in [9.17, 15) is 4.79 Å². The van der Waals surface area contributed by atoms with Crippen molar-refractivity contribution in [1.82, 2.24) is 15.0 Å². The molecule has 0 fully saturated rings. The summed E-state index contributed by atoms with van der Waals surface area (Å²) in [4.78, 5) is 23.4. The van der Waals surface area contributed by atoms with Gasteiger partial charge in [-0.25, -0.2) is 9.97 Å². The van der Waals surface area contributed by atoms with E-state index >= 15 is 0 Å². The Bertz CT molecular complexity index is 653. The lowest BCUT2D eigenvalue weighted by molar-refractivity contribution is 0.398. The van der Waals surface area contributed by atoms with E-state index in [-0.39, 0.29) is 11.5 Å². The summed E-state index contributed by atoms with van der Waals surface area (Å²) in [5.74, 6) is 1.14. The van der Waals surface area contributed by atoms with Crippen molar-refractivity contribution in [1.29, 1.82) is 0 Å². The molecule has 0 aliphatic carbocycles. The van der Waals surface area contributed by atoms with Gasteiger partial charge in [-0.2, -0.15) is 0 Å². The monoisotopic (exact) mass is 371 g/mol. The lowest BCUT2D eigenvalue weighted by Gasteiger charge is -2.09. The normalized spacial score (nSPS) is 10.8. The molecule has 2 rings (SSSR count). The number of aromatic amines is 1. The van der Waals surface area contributed by atoms with Crippen molar-refractivity contribution in [2.24, 2.45) is 0 Å². The van der Waals surface area contributed by atoms with Crippen molar-refractivity contribution in [2.45, 2.75) is 19.8 Å². The van der Waals surface area contributed by atoms with E-state index in [1.54, 1.807) is 19.2 Å². The Balaban J connectivity index is 2.59. The van der Waals surface area contributed by atoms with Crippen molar-refractivity contribution < 1.29 is 4.74 Å². The Labute approximate surface area is 124 Å². The van der Waals surface area contributed by atoms with E-state index < -0.39 is 0 Å². The van der Waals surface area contributed by atoms with Gasteiger partial charge in [0.05, 0.1) is 16.4 Å². The van der Waals surface area contributed by atoms with Crippen LogP contribution in [-0.4, -0.2) is 22.1 Å². The zero-order valence-corrected chi connectivity index (χ0v) is 13.1. The Morgan fingerprint density at radius 1 is 1.32 bits per heavy atom. The summed E-state index contributed by atoms with van der Waals surface area (Å²) in [5.41, 5.74) is 1.23. The molecule has 0 aromatic carbocycles. The number of hydrogen-bond acceptors (Lipinski definition) is 4. The van der Waals surface area contributed by atoms with Crippen LogP contribution in [0, 0.1) is 3.57 Å². The molecule has 2 heterocycles. The number of halogens is 1. The van der Waals surface area contributed by atoms with Gasteiger partial charge in [-0.15, -0.1) is 0 Å². The fourth-order valence-corrected chi connectivity index (χ4v) is 2.52. The maximum Gasteiger partial charge on any atom is 0.264 e. The number of nitrogens with zero attached hydrogens (tertiary/aromatic N) is 2. The molecule has 0 spiro atoms. The average Bonchev–Trinajstić information content (AvgIpc) is 2.41. The van der Waals surface area contributed by atoms with Gasteiger partial charge >= 0.3 is 0 Å². The Kier molecular flexibility index (Phi) is 4.18. The summed E-state index contributed by atoms with van der Waals surface area (Å²) < 4.78 is 5.70. The number of H-pyrrole nitrogens is 1. The lowest BCUT2D eigenvalue weighted by Crippen LogP contribution is -2.17. The fourth-order valence-electron chi connectivity index (χ4n) is 1.64. The molecule has 2 aromatic heterocycles.